The number of para-hydroxylation sites is 1. The van der Waals surface area contributed by atoms with Crippen molar-refractivity contribution in [3.63, 3.8) is 0 Å². The normalized spacial score (nSPS) is 17.1. The summed E-state index contributed by atoms with van der Waals surface area (Å²) in [5.41, 5.74) is 0. The van der Waals surface area contributed by atoms with Gasteiger partial charge in [-0.3, -0.25) is 9.36 Å². The van der Waals surface area contributed by atoms with Gasteiger partial charge in [0.2, 0.25) is 5.91 Å². The molecule has 156 valence electrons. The third-order valence-corrected chi connectivity index (χ3v) is 5.56. The van der Waals surface area contributed by atoms with Gasteiger partial charge in [0.05, 0.1) is 11.4 Å². The fraction of sp³-hybridized carbons (Fsp3) is 0.450. The quantitative estimate of drug-likeness (QED) is 0.470. The number of allylic oxidation sites excluding steroid dienone is 1. The molecule has 2 atom stereocenters. The number of thioether (sulfide) groups is 1. The van der Waals surface area contributed by atoms with Crippen LogP contribution in [0.1, 0.15) is 25.6 Å². The summed E-state index contributed by atoms with van der Waals surface area (Å²) >= 11 is 1.31. The van der Waals surface area contributed by atoms with Crippen LogP contribution in [-0.4, -0.2) is 45.2 Å². The fourth-order valence-electron chi connectivity index (χ4n) is 2.90. The lowest BCUT2D eigenvalue weighted by Gasteiger charge is -2.15. The molecule has 0 saturated carbocycles. The summed E-state index contributed by atoms with van der Waals surface area (Å²) in [5.74, 6) is 0.163. The summed E-state index contributed by atoms with van der Waals surface area (Å²) in [6, 6.07) is 6.19. The molecule has 3 rings (SSSR count). The standard InChI is InChI=1S/C20H25FN4O3S/c1-3-10-25-18(13-28-17-9-5-4-8-16(17)21)23-24-20(25)29-14(2)19(26)22-12-15-7-6-11-27-15/h3-5,8-9,14-15H,1,6-7,10-13H2,2H3,(H,22,26)/t14-,15+/m0/s1. The molecule has 0 aliphatic carbocycles. The fourth-order valence-corrected chi connectivity index (χ4v) is 3.81. The molecule has 0 spiro atoms. The van der Waals surface area contributed by atoms with E-state index in [0.717, 1.165) is 19.4 Å². The third-order valence-electron chi connectivity index (χ3n) is 4.48. The average molecular weight is 421 g/mol. The molecule has 9 heteroatoms. The van der Waals surface area contributed by atoms with Gasteiger partial charge >= 0.3 is 0 Å². The van der Waals surface area contributed by atoms with Crippen molar-refractivity contribution in [3.8, 4) is 5.75 Å². The zero-order valence-corrected chi connectivity index (χ0v) is 17.2. The van der Waals surface area contributed by atoms with Crippen molar-refractivity contribution in [1.82, 2.24) is 20.1 Å². The summed E-state index contributed by atoms with van der Waals surface area (Å²) in [7, 11) is 0. The molecular weight excluding hydrogens is 395 g/mol. The van der Waals surface area contributed by atoms with E-state index in [-0.39, 0.29) is 29.6 Å². The molecule has 1 fully saturated rings. The van der Waals surface area contributed by atoms with Gasteiger partial charge in [-0.2, -0.15) is 0 Å². The van der Waals surface area contributed by atoms with Crippen LogP contribution in [0.15, 0.2) is 42.1 Å². The van der Waals surface area contributed by atoms with Crippen molar-refractivity contribution in [2.75, 3.05) is 13.2 Å². The lowest BCUT2D eigenvalue weighted by molar-refractivity contribution is -0.120. The Labute approximate surface area is 173 Å². The van der Waals surface area contributed by atoms with Crippen molar-refractivity contribution >= 4 is 17.7 Å². The molecule has 0 unspecified atom stereocenters. The van der Waals surface area contributed by atoms with E-state index in [4.69, 9.17) is 9.47 Å². The van der Waals surface area contributed by atoms with Gasteiger partial charge in [0, 0.05) is 19.7 Å². The second kappa shape index (κ2) is 10.4. The van der Waals surface area contributed by atoms with E-state index in [9.17, 15) is 9.18 Å². The van der Waals surface area contributed by atoms with E-state index in [1.807, 2.05) is 11.5 Å². The number of ether oxygens (including phenoxy) is 2. The zero-order chi connectivity index (χ0) is 20.6. The molecule has 1 N–H and O–H groups in total. The average Bonchev–Trinajstić information content (AvgIpc) is 3.36. The van der Waals surface area contributed by atoms with Crippen molar-refractivity contribution in [2.45, 2.75) is 49.4 Å². The maximum Gasteiger partial charge on any atom is 0.233 e. The van der Waals surface area contributed by atoms with Gasteiger partial charge in [-0.25, -0.2) is 4.39 Å². The summed E-state index contributed by atoms with van der Waals surface area (Å²) < 4.78 is 26.6. The maximum atomic E-state index is 13.8. The first kappa shape index (κ1) is 21.3. The van der Waals surface area contributed by atoms with Crippen LogP contribution in [0.3, 0.4) is 0 Å². The Hall–Kier alpha value is -2.39. The van der Waals surface area contributed by atoms with Crippen molar-refractivity contribution < 1.29 is 18.7 Å². The number of carbonyl (C=O) groups excluding carboxylic acids is 1. The molecule has 1 aliphatic heterocycles. The maximum absolute atomic E-state index is 13.8. The van der Waals surface area contributed by atoms with E-state index in [1.165, 1.54) is 17.8 Å². The minimum atomic E-state index is -0.437. The Kier molecular flexibility index (Phi) is 7.65. The first-order valence-electron chi connectivity index (χ1n) is 9.54. The summed E-state index contributed by atoms with van der Waals surface area (Å²) in [6.45, 7) is 7.36. The lowest BCUT2D eigenvalue weighted by Crippen LogP contribution is -2.36. The van der Waals surface area contributed by atoms with Crippen LogP contribution in [-0.2, 0) is 22.7 Å². The summed E-state index contributed by atoms with van der Waals surface area (Å²) in [6.07, 6.45) is 3.82. The van der Waals surface area contributed by atoms with E-state index in [0.29, 0.717) is 24.1 Å². The molecule has 1 amide bonds. The summed E-state index contributed by atoms with van der Waals surface area (Å²) in [4.78, 5) is 12.4. The van der Waals surface area contributed by atoms with Crippen LogP contribution in [0.4, 0.5) is 4.39 Å². The SMILES string of the molecule is C=CCn1c(COc2ccccc2F)nnc1S[C@@H](C)C(=O)NC[C@H]1CCCO1. The first-order valence-corrected chi connectivity index (χ1v) is 10.4. The third kappa shape index (κ3) is 5.80. The van der Waals surface area contributed by atoms with Crippen LogP contribution in [0.25, 0.3) is 0 Å². The lowest BCUT2D eigenvalue weighted by atomic mass is 10.2. The number of hydrogen-bond acceptors (Lipinski definition) is 6. The zero-order valence-electron chi connectivity index (χ0n) is 16.3. The minimum Gasteiger partial charge on any atom is -0.483 e. The molecular formula is C20H25FN4O3S. The van der Waals surface area contributed by atoms with Gasteiger partial charge < -0.3 is 14.8 Å². The molecule has 1 aliphatic rings. The molecule has 0 radical (unpaired) electrons. The van der Waals surface area contributed by atoms with E-state index in [2.05, 4.69) is 22.1 Å². The van der Waals surface area contributed by atoms with Gasteiger partial charge in [0.25, 0.3) is 0 Å². The molecule has 0 bridgehead atoms. The Morgan fingerprint density at radius 1 is 1.52 bits per heavy atom. The Morgan fingerprint density at radius 2 is 2.34 bits per heavy atom. The Morgan fingerprint density at radius 3 is 3.07 bits per heavy atom. The number of halogens is 1. The number of carbonyl (C=O) groups is 1. The van der Waals surface area contributed by atoms with Gasteiger partial charge in [-0.05, 0) is 31.9 Å². The highest BCUT2D eigenvalue weighted by atomic mass is 32.2. The highest BCUT2D eigenvalue weighted by molar-refractivity contribution is 8.00. The smallest absolute Gasteiger partial charge is 0.233 e. The highest BCUT2D eigenvalue weighted by Gasteiger charge is 2.22. The Balaban J connectivity index is 1.60. The Bertz CT molecular complexity index is 839. The summed E-state index contributed by atoms with van der Waals surface area (Å²) in [5, 5.41) is 11.5. The van der Waals surface area contributed by atoms with E-state index >= 15 is 0 Å². The molecule has 2 aromatic rings. The number of rotatable bonds is 10. The number of amides is 1. The molecule has 1 aromatic carbocycles. The van der Waals surface area contributed by atoms with Crippen molar-refractivity contribution in [2.24, 2.45) is 0 Å². The predicted octanol–water partition coefficient (Wildman–Crippen LogP) is 2.96. The first-order chi connectivity index (χ1) is 14.1. The van der Waals surface area contributed by atoms with E-state index < -0.39 is 5.82 Å². The van der Waals surface area contributed by atoms with Crippen LogP contribution >= 0.6 is 11.8 Å². The van der Waals surface area contributed by atoms with Crippen molar-refractivity contribution in [1.29, 1.82) is 0 Å². The van der Waals surface area contributed by atoms with E-state index in [1.54, 1.807) is 24.3 Å². The second-order valence-corrected chi connectivity index (χ2v) is 7.97. The van der Waals surface area contributed by atoms with Crippen LogP contribution in [0.5, 0.6) is 5.75 Å². The number of nitrogens with one attached hydrogen (secondary N) is 1. The molecule has 1 saturated heterocycles. The van der Waals surface area contributed by atoms with Crippen LogP contribution < -0.4 is 10.1 Å². The number of nitrogens with zero attached hydrogens (tertiary/aromatic N) is 3. The highest BCUT2D eigenvalue weighted by Crippen LogP contribution is 2.24. The minimum absolute atomic E-state index is 0.0575. The monoisotopic (exact) mass is 420 g/mol. The van der Waals surface area contributed by atoms with Crippen LogP contribution in [0, 0.1) is 5.82 Å². The predicted molar refractivity (Wildman–Crippen MR) is 108 cm³/mol. The van der Waals surface area contributed by atoms with Crippen LogP contribution in [0.2, 0.25) is 0 Å². The molecule has 2 heterocycles. The number of hydrogen-bond donors (Lipinski definition) is 1. The van der Waals surface area contributed by atoms with Gasteiger partial charge in [-0.1, -0.05) is 30.0 Å². The van der Waals surface area contributed by atoms with Gasteiger partial charge in [0.1, 0.15) is 6.61 Å². The number of aromatic nitrogens is 3. The van der Waals surface area contributed by atoms with Crippen molar-refractivity contribution in [3.05, 3.63) is 48.6 Å². The second-order valence-electron chi connectivity index (χ2n) is 6.66. The van der Waals surface area contributed by atoms with Gasteiger partial charge in [-0.15, -0.1) is 16.8 Å². The van der Waals surface area contributed by atoms with Gasteiger partial charge in [0.15, 0.2) is 22.5 Å². The molecule has 1 aromatic heterocycles. The topological polar surface area (TPSA) is 78.3 Å². The largest absolute Gasteiger partial charge is 0.483 e. The molecule has 7 nitrogen and oxygen atoms in total. The molecule has 29 heavy (non-hydrogen) atoms. The number of benzene rings is 1.